The SMILES string of the molecule is CC[C@H](Nc1ncnc(N)c1-c1noc(C)n1)c1nn2ccc(C)c2c(=O)n1-c1ccccc1. The van der Waals surface area contributed by atoms with E-state index in [1.54, 1.807) is 22.2 Å². The second kappa shape index (κ2) is 8.43. The normalized spacial score (nSPS) is 12.2. The summed E-state index contributed by atoms with van der Waals surface area (Å²) >= 11 is 0. The number of hydrogen-bond acceptors (Lipinski definition) is 9. The van der Waals surface area contributed by atoms with E-state index < -0.39 is 6.04 Å². The number of rotatable bonds is 6. The van der Waals surface area contributed by atoms with Crippen LogP contribution in [0.4, 0.5) is 11.6 Å². The van der Waals surface area contributed by atoms with Gasteiger partial charge in [0.05, 0.1) is 11.7 Å². The summed E-state index contributed by atoms with van der Waals surface area (Å²) in [5, 5.41) is 12.2. The molecule has 34 heavy (non-hydrogen) atoms. The van der Waals surface area contributed by atoms with Gasteiger partial charge in [0.25, 0.3) is 5.56 Å². The number of nitrogens with zero attached hydrogens (tertiary/aromatic N) is 7. The number of nitrogens with one attached hydrogen (secondary N) is 1. The highest BCUT2D eigenvalue weighted by molar-refractivity contribution is 5.79. The Morgan fingerprint density at radius 2 is 1.94 bits per heavy atom. The number of hydrogen-bond donors (Lipinski definition) is 2. The summed E-state index contributed by atoms with van der Waals surface area (Å²) in [6.45, 7) is 5.58. The number of aromatic nitrogens is 7. The zero-order chi connectivity index (χ0) is 23.8. The third kappa shape index (κ3) is 3.56. The summed E-state index contributed by atoms with van der Waals surface area (Å²) in [6.07, 6.45) is 3.74. The van der Waals surface area contributed by atoms with Crippen LogP contribution < -0.4 is 16.6 Å². The van der Waals surface area contributed by atoms with Crippen molar-refractivity contribution in [3.63, 3.8) is 0 Å². The smallest absolute Gasteiger partial charge is 0.282 e. The molecule has 0 aliphatic rings. The Bertz CT molecular complexity index is 1540. The lowest BCUT2D eigenvalue weighted by molar-refractivity contribution is 0.394. The zero-order valence-corrected chi connectivity index (χ0v) is 18.9. The molecule has 4 heterocycles. The van der Waals surface area contributed by atoms with E-state index in [4.69, 9.17) is 15.4 Å². The Morgan fingerprint density at radius 3 is 2.65 bits per heavy atom. The molecule has 3 N–H and O–H groups in total. The molecule has 0 bridgehead atoms. The van der Waals surface area contributed by atoms with Crippen LogP contribution in [0.3, 0.4) is 0 Å². The lowest BCUT2D eigenvalue weighted by Crippen LogP contribution is -2.30. The highest BCUT2D eigenvalue weighted by Gasteiger charge is 2.25. The number of benzene rings is 1. The van der Waals surface area contributed by atoms with Gasteiger partial charge in [0.15, 0.2) is 5.82 Å². The van der Waals surface area contributed by atoms with E-state index in [9.17, 15) is 4.79 Å². The molecular formula is C23H23N9O2. The Hall–Kier alpha value is -4.54. The number of aryl methyl sites for hydroxylation is 2. The molecule has 0 unspecified atom stereocenters. The molecule has 5 rings (SSSR count). The van der Waals surface area contributed by atoms with Crippen molar-refractivity contribution in [1.82, 2.24) is 34.3 Å². The van der Waals surface area contributed by atoms with Crippen LogP contribution in [0.2, 0.25) is 0 Å². The van der Waals surface area contributed by atoms with Gasteiger partial charge in [0.2, 0.25) is 11.7 Å². The summed E-state index contributed by atoms with van der Waals surface area (Å²) in [5.41, 5.74) is 8.51. The van der Waals surface area contributed by atoms with Gasteiger partial charge < -0.3 is 15.6 Å². The lowest BCUT2D eigenvalue weighted by atomic mass is 10.1. The minimum atomic E-state index is -0.402. The van der Waals surface area contributed by atoms with Gasteiger partial charge >= 0.3 is 0 Å². The van der Waals surface area contributed by atoms with Crippen LogP contribution >= 0.6 is 0 Å². The predicted octanol–water partition coefficient (Wildman–Crippen LogP) is 3.09. The molecule has 0 saturated carbocycles. The fourth-order valence-corrected chi connectivity index (χ4v) is 3.93. The first-order valence-electron chi connectivity index (χ1n) is 10.8. The minimum absolute atomic E-state index is 0.157. The molecule has 0 amide bonds. The van der Waals surface area contributed by atoms with Gasteiger partial charge in [-0.2, -0.15) is 10.1 Å². The topological polar surface area (TPSA) is 142 Å². The highest BCUT2D eigenvalue weighted by Crippen LogP contribution is 2.31. The fraction of sp³-hybridized carbons (Fsp3) is 0.217. The second-order valence-electron chi connectivity index (χ2n) is 7.85. The largest absolute Gasteiger partial charge is 0.383 e. The van der Waals surface area contributed by atoms with Gasteiger partial charge in [-0.25, -0.2) is 14.5 Å². The Morgan fingerprint density at radius 1 is 1.15 bits per heavy atom. The highest BCUT2D eigenvalue weighted by atomic mass is 16.5. The van der Waals surface area contributed by atoms with Crippen molar-refractivity contribution in [2.75, 3.05) is 11.1 Å². The molecule has 5 aromatic rings. The van der Waals surface area contributed by atoms with E-state index in [-0.39, 0.29) is 17.2 Å². The van der Waals surface area contributed by atoms with Gasteiger partial charge in [-0.1, -0.05) is 30.3 Å². The first kappa shape index (κ1) is 21.3. The van der Waals surface area contributed by atoms with Gasteiger partial charge in [0, 0.05) is 13.1 Å². The van der Waals surface area contributed by atoms with Crippen molar-refractivity contribution in [2.45, 2.75) is 33.2 Å². The van der Waals surface area contributed by atoms with Crippen molar-refractivity contribution in [2.24, 2.45) is 0 Å². The minimum Gasteiger partial charge on any atom is -0.383 e. The molecule has 0 saturated heterocycles. The average molecular weight is 457 g/mol. The zero-order valence-electron chi connectivity index (χ0n) is 18.9. The second-order valence-corrected chi connectivity index (χ2v) is 7.85. The summed E-state index contributed by atoms with van der Waals surface area (Å²) in [4.78, 5) is 26.4. The Balaban J connectivity index is 1.69. The van der Waals surface area contributed by atoms with Crippen molar-refractivity contribution in [3.05, 3.63) is 76.6 Å². The van der Waals surface area contributed by atoms with Crippen LogP contribution in [0.15, 0.2) is 58.2 Å². The van der Waals surface area contributed by atoms with E-state index in [0.717, 1.165) is 11.3 Å². The summed E-state index contributed by atoms with van der Waals surface area (Å²) in [6, 6.07) is 10.9. The molecule has 0 spiro atoms. The molecule has 1 aromatic carbocycles. The maximum Gasteiger partial charge on any atom is 0.282 e. The third-order valence-electron chi connectivity index (χ3n) is 5.59. The lowest BCUT2D eigenvalue weighted by Gasteiger charge is -2.22. The van der Waals surface area contributed by atoms with E-state index in [1.807, 2.05) is 50.2 Å². The van der Waals surface area contributed by atoms with Crippen LogP contribution in [0, 0.1) is 13.8 Å². The molecule has 1 atom stereocenters. The molecule has 0 radical (unpaired) electrons. The summed E-state index contributed by atoms with van der Waals surface area (Å²) in [5.74, 6) is 1.81. The molecular weight excluding hydrogens is 434 g/mol. The maximum atomic E-state index is 13.6. The van der Waals surface area contributed by atoms with Gasteiger partial charge in [-0.15, -0.1) is 0 Å². The van der Waals surface area contributed by atoms with E-state index in [2.05, 4.69) is 25.4 Å². The van der Waals surface area contributed by atoms with Crippen LogP contribution in [0.1, 0.15) is 36.7 Å². The predicted molar refractivity (Wildman–Crippen MR) is 127 cm³/mol. The molecule has 11 nitrogen and oxygen atoms in total. The van der Waals surface area contributed by atoms with Gasteiger partial charge in [-0.05, 0) is 37.1 Å². The molecule has 4 aromatic heterocycles. The summed E-state index contributed by atoms with van der Waals surface area (Å²) in [7, 11) is 0. The molecule has 172 valence electrons. The van der Waals surface area contributed by atoms with Crippen LogP contribution in [-0.2, 0) is 0 Å². The summed E-state index contributed by atoms with van der Waals surface area (Å²) < 4.78 is 8.38. The third-order valence-corrected chi connectivity index (χ3v) is 5.59. The number of fused-ring (bicyclic) bond motifs is 1. The van der Waals surface area contributed by atoms with Crippen molar-refractivity contribution in [3.8, 4) is 17.1 Å². The van der Waals surface area contributed by atoms with Crippen molar-refractivity contribution >= 4 is 17.2 Å². The van der Waals surface area contributed by atoms with E-state index >= 15 is 0 Å². The monoisotopic (exact) mass is 457 g/mol. The Labute approximate surface area is 194 Å². The molecule has 0 aliphatic carbocycles. The Kier molecular flexibility index (Phi) is 5.28. The van der Waals surface area contributed by atoms with Gasteiger partial charge in [-0.3, -0.25) is 9.36 Å². The standard InChI is InChI=1S/C23H23N9O2/c1-4-16(28-20-17(19(24)25-12-26-20)21-27-14(3)34-30-21)22-29-31-11-10-13(2)18(31)23(33)32(22)15-8-6-5-7-9-15/h5-12,16H,4H2,1-3H3,(H3,24,25,26,28)/t16-/m0/s1. The number of para-hydroxylation sites is 1. The van der Waals surface area contributed by atoms with Crippen LogP contribution in [-0.4, -0.2) is 34.3 Å². The quantitative estimate of drug-likeness (QED) is 0.393. The van der Waals surface area contributed by atoms with Crippen LogP contribution in [0.5, 0.6) is 0 Å². The fourth-order valence-electron chi connectivity index (χ4n) is 3.93. The number of anilines is 2. The number of nitrogens with two attached hydrogens (primary N) is 1. The van der Waals surface area contributed by atoms with Crippen molar-refractivity contribution in [1.29, 1.82) is 0 Å². The first-order valence-corrected chi connectivity index (χ1v) is 10.8. The van der Waals surface area contributed by atoms with E-state index in [1.165, 1.54) is 6.33 Å². The van der Waals surface area contributed by atoms with Crippen LogP contribution in [0.25, 0.3) is 22.6 Å². The maximum absolute atomic E-state index is 13.6. The van der Waals surface area contributed by atoms with Crippen molar-refractivity contribution < 1.29 is 4.52 Å². The average Bonchev–Trinajstić information content (AvgIpc) is 3.43. The molecule has 11 heteroatoms. The first-order chi connectivity index (χ1) is 16.5. The molecule has 0 aliphatic heterocycles. The molecule has 0 fully saturated rings. The van der Waals surface area contributed by atoms with E-state index in [0.29, 0.717) is 35.0 Å². The number of nitrogen functional groups attached to an aromatic ring is 1. The van der Waals surface area contributed by atoms with Gasteiger partial charge in [0.1, 0.15) is 29.0 Å².